The average Bonchev–Trinajstić information content (AvgIpc) is 1.98. The molecule has 0 N–H and O–H groups in total. The number of terminal acetylenes is 1. The van der Waals surface area contributed by atoms with Gasteiger partial charge in [0.15, 0.2) is 0 Å². The van der Waals surface area contributed by atoms with Gasteiger partial charge in [0.05, 0.1) is 0 Å². The third-order valence-corrected chi connectivity index (χ3v) is 1.28. The topological polar surface area (TPSA) is 40.9 Å². The predicted octanol–water partition coefficient (Wildman–Crippen LogP) is 1.13. The van der Waals surface area contributed by atoms with E-state index in [4.69, 9.17) is 11.7 Å². The smallest absolute Gasteiger partial charge is 0.234 e. The normalized spacial score (nSPS) is 11.1. The number of rotatable bonds is 3. The fourth-order valence-corrected chi connectivity index (χ4v) is 0.541. The molecule has 2 heteroatoms. The van der Waals surface area contributed by atoms with E-state index in [1.807, 2.05) is 0 Å². The molecule has 0 saturated heterocycles. The Kier molecular flexibility index (Phi) is 4.00. The van der Waals surface area contributed by atoms with E-state index >= 15 is 0 Å². The molecule has 0 aliphatic heterocycles. The summed E-state index contributed by atoms with van der Waals surface area (Å²) in [5.41, 5.74) is 0. The van der Waals surface area contributed by atoms with Crippen molar-refractivity contribution in [3.05, 3.63) is 0 Å². The van der Waals surface area contributed by atoms with Crippen LogP contribution in [0.4, 0.5) is 0 Å². The molecule has 52 valence electrons. The maximum Gasteiger partial charge on any atom is 0.234 e. The van der Waals surface area contributed by atoms with Gasteiger partial charge in [-0.05, 0) is 6.42 Å². The lowest BCUT2D eigenvalue weighted by Gasteiger charge is -1.99. The summed E-state index contributed by atoms with van der Waals surface area (Å²) in [6.07, 6.45) is 6.15. The molecule has 10 heavy (non-hydrogen) atoms. The second-order valence-electron chi connectivity index (χ2n) is 2.12. The third kappa shape index (κ3) is 2.89. The SMILES string of the molecule is C#CCCC(C)C(=O)C#N. The van der Waals surface area contributed by atoms with E-state index < -0.39 is 0 Å². The summed E-state index contributed by atoms with van der Waals surface area (Å²) in [4.78, 5) is 10.6. The number of Topliss-reactive ketones (excluding diaryl/α,β-unsaturated/α-hetero) is 1. The molecule has 0 radical (unpaired) electrons. The van der Waals surface area contributed by atoms with Crippen LogP contribution in [0.15, 0.2) is 0 Å². The van der Waals surface area contributed by atoms with Gasteiger partial charge in [-0.2, -0.15) is 5.26 Å². The van der Waals surface area contributed by atoms with E-state index in [0.29, 0.717) is 12.8 Å². The molecule has 0 aliphatic carbocycles. The molecule has 0 aliphatic rings. The summed E-state index contributed by atoms with van der Waals surface area (Å²) in [7, 11) is 0. The minimum atomic E-state index is -0.379. The summed E-state index contributed by atoms with van der Waals surface area (Å²) in [6, 6.07) is 1.57. The van der Waals surface area contributed by atoms with Crippen LogP contribution in [0, 0.1) is 29.6 Å². The van der Waals surface area contributed by atoms with Crippen LogP contribution in [-0.2, 0) is 4.79 Å². The maximum atomic E-state index is 10.6. The zero-order valence-corrected chi connectivity index (χ0v) is 5.92. The average molecular weight is 135 g/mol. The van der Waals surface area contributed by atoms with Crippen molar-refractivity contribution >= 4 is 5.78 Å². The van der Waals surface area contributed by atoms with Gasteiger partial charge in [-0.3, -0.25) is 4.79 Å². The summed E-state index contributed by atoms with van der Waals surface area (Å²) in [5.74, 6) is 1.83. The summed E-state index contributed by atoms with van der Waals surface area (Å²) < 4.78 is 0. The molecule has 1 unspecified atom stereocenters. The van der Waals surface area contributed by atoms with E-state index in [2.05, 4.69) is 5.92 Å². The van der Waals surface area contributed by atoms with Gasteiger partial charge in [0.2, 0.25) is 5.78 Å². The molecular weight excluding hydrogens is 126 g/mol. The van der Waals surface area contributed by atoms with Gasteiger partial charge in [0.25, 0.3) is 0 Å². The molecule has 0 aromatic carbocycles. The van der Waals surface area contributed by atoms with Crippen LogP contribution in [0.3, 0.4) is 0 Å². The molecule has 0 aromatic rings. The Bertz CT molecular complexity index is 194. The van der Waals surface area contributed by atoms with Crippen LogP contribution >= 0.6 is 0 Å². The lowest BCUT2D eigenvalue weighted by molar-refractivity contribution is -0.117. The molecule has 0 aromatic heterocycles. The molecule has 0 heterocycles. The predicted molar refractivity (Wildman–Crippen MR) is 37.9 cm³/mol. The number of hydrogen-bond donors (Lipinski definition) is 0. The van der Waals surface area contributed by atoms with Gasteiger partial charge in [-0.15, -0.1) is 12.3 Å². The van der Waals surface area contributed by atoms with Crippen molar-refractivity contribution in [2.75, 3.05) is 0 Å². The van der Waals surface area contributed by atoms with E-state index in [9.17, 15) is 4.79 Å². The Labute approximate surface area is 60.8 Å². The monoisotopic (exact) mass is 135 g/mol. The highest BCUT2D eigenvalue weighted by Crippen LogP contribution is 2.04. The largest absolute Gasteiger partial charge is 0.282 e. The molecule has 0 spiro atoms. The zero-order chi connectivity index (χ0) is 7.98. The molecular formula is C8H9NO. The lowest BCUT2D eigenvalue weighted by Crippen LogP contribution is -2.07. The number of ketones is 1. The minimum absolute atomic E-state index is 0.207. The Morgan fingerprint density at radius 2 is 2.40 bits per heavy atom. The van der Waals surface area contributed by atoms with E-state index in [1.54, 1.807) is 13.0 Å². The maximum absolute atomic E-state index is 10.6. The Morgan fingerprint density at radius 1 is 1.80 bits per heavy atom. The highest BCUT2D eigenvalue weighted by molar-refractivity contribution is 5.94. The summed E-state index contributed by atoms with van der Waals surface area (Å²) in [6.45, 7) is 1.71. The zero-order valence-electron chi connectivity index (χ0n) is 5.92. The van der Waals surface area contributed by atoms with E-state index in [0.717, 1.165) is 0 Å². The van der Waals surface area contributed by atoms with Gasteiger partial charge in [0.1, 0.15) is 6.07 Å². The minimum Gasteiger partial charge on any atom is -0.282 e. The first kappa shape index (κ1) is 8.72. The third-order valence-electron chi connectivity index (χ3n) is 1.28. The van der Waals surface area contributed by atoms with Gasteiger partial charge < -0.3 is 0 Å². The van der Waals surface area contributed by atoms with Gasteiger partial charge in [-0.1, -0.05) is 6.92 Å². The summed E-state index contributed by atoms with van der Waals surface area (Å²) >= 11 is 0. The van der Waals surface area contributed by atoms with E-state index in [-0.39, 0.29) is 11.7 Å². The highest BCUT2D eigenvalue weighted by atomic mass is 16.1. The second-order valence-corrected chi connectivity index (χ2v) is 2.12. The molecule has 0 amide bonds. The van der Waals surface area contributed by atoms with Crippen molar-refractivity contribution in [2.24, 2.45) is 5.92 Å². The number of hydrogen-bond acceptors (Lipinski definition) is 2. The van der Waals surface area contributed by atoms with Crippen molar-refractivity contribution in [3.8, 4) is 18.4 Å². The second kappa shape index (κ2) is 4.58. The lowest BCUT2D eigenvalue weighted by atomic mass is 10.0. The quantitative estimate of drug-likeness (QED) is 0.430. The van der Waals surface area contributed by atoms with E-state index in [1.165, 1.54) is 0 Å². The van der Waals surface area contributed by atoms with Crippen molar-refractivity contribution in [1.82, 2.24) is 0 Å². The Morgan fingerprint density at radius 3 is 2.80 bits per heavy atom. The molecule has 2 nitrogen and oxygen atoms in total. The first-order chi connectivity index (χ1) is 4.72. The van der Waals surface area contributed by atoms with Crippen LogP contribution in [-0.4, -0.2) is 5.78 Å². The molecule has 1 atom stereocenters. The van der Waals surface area contributed by atoms with Crippen LogP contribution in [0.2, 0.25) is 0 Å². The number of nitrogens with zero attached hydrogens (tertiary/aromatic N) is 1. The number of carbonyl (C=O) groups is 1. The number of nitriles is 1. The van der Waals surface area contributed by atoms with Crippen molar-refractivity contribution in [1.29, 1.82) is 5.26 Å². The van der Waals surface area contributed by atoms with Gasteiger partial charge in [0, 0.05) is 12.3 Å². The Hall–Kier alpha value is -1.28. The Balaban J connectivity index is 3.67. The van der Waals surface area contributed by atoms with Crippen LogP contribution in [0.5, 0.6) is 0 Å². The van der Waals surface area contributed by atoms with Crippen LogP contribution < -0.4 is 0 Å². The first-order valence-electron chi connectivity index (χ1n) is 3.09. The first-order valence-corrected chi connectivity index (χ1v) is 3.09. The van der Waals surface area contributed by atoms with Crippen molar-refractivity contribution in [2.45, 2.75) is 19.8 Å². The van der Waals surface area contributed by atoms with Crippen molar-refractivity contribution < 1.29 is 4.79 Å². The fourth-order valence-electron chi connectivity index (χ4n) is 0.541. The fraction of sp³-hybridized carbons (Fsp3) is 0.500. The standard InChI is InChI=1S/C8H9NO/c1-3-4-5-7(2)8(10)6-9/h1,7H,4-5H2,2H3. The molecule has 0 bridgehead atoms. The molecule has 0 rings (SSSR count). The number of carbonyl (C=O) groups excluding carboxylic acids is 1. The highest BCUT2D eigenvalue weighted by Gasteiger charge is 2.09. The van der Waals surface area contributed by atoms with Crippen LogP contribution in [0.1, 0.15) is 19.8 Å². The van der Waals surface area contributed by atoms with Crippen molar-refractivity contribution in [3.63, 3.8) is 0 Å². The molecule has 0 saturated carbocycles. The molecule has 0 fully saturated rings. The van der Waals surface area contributed by atoms with Gasteiger partial charge >= 0.3 is 0 Å². The van der Waals surface area contributed by atoms with Gasteiger partial charge in [-0.25, -0.2) is 0 Å². The van der Waals surface area contributed by atoms with Crippen LogP contribution in [0.25, 0.3) is 0 Å². The summed E-state index contributed by atoms with van der Waals surface area (Å²) in [5, 5.41) is 8.15.